The van der Waals surface area contributed by atoms with E-state index in [1.54, 1.807) is 0 Å². The van der Waals surface area contributed by atoms with Gasteiger partial charge >= 0.3 is 0 Å². The molecule has 1 aromatic carbocycles. The number of carbonyl (C=O) groups excluding carboxylic acids is 1. The molecule has 1 atom stereocenters. The second kappa shape index (κ2) is 8.77. The largest absolute Gasteiger partial charge is 0.493 e. The van der Waals surface area contributed by atoms with Gasteiger partial charge < -0.3 is 15.8 Å². The van der Waals surface area contributed by atoms with Gasteiger partial charge in [-0.15, -0.1) is 12.4 Å². The van der Waals surface area contributed by atoms with Crippen LogP contribution >= 0.6 is 12.4 Å². The minimum absolute atomic E-state index is 0. The Morgan fingerprint density at radius 3 is 2.42 bits per heavy atom. The number of aryl methyl sites for hydroxylation is 2. The average Bonchev–Trinajstić information content (AvgIpc) is 2.27. The molecule has 0 spiro atoms. The molecular weight excluding hydrogens is 264 g/mol. The Hall–Kier alpha value is -1.26. The van der Waals surface area contributed by atoms with Gasteiger partial charge in [-0.05, 0) is 44.0 Å². The molecule has 0 unspecified atom stereocenters. The lowest BCUT2D eigenvalue weighted by Gasteiger charge is -2.12. The summed E-state index contributed by atoms with van der Waals surface area (Å²) >= 11 is 0. The first-order valence-corrected chi connectivity index (χ1v) is 6.22. The Labute approximate surface area is 121 Å². The van der Waals surface area contributed by atoms with Gasteiger partial charge in [-0.1, -0.05) is 6.07 Å². The SMILES string of the molecule is Cc1cc(C)cc(OCCC(=O)N[C@@H](C)CN)c1.Cl. The van der Waals surface area contributed by atoms with Crippen molar-refractivity contribution in [1.29, 1.82) is 0 Å². The van der Waals surface area contributed by atoms with Crippen LogP contribution in [-0.2, 0) is 4.79 Å². The average molecular weight is 287 g/mol. The second-order valence-corrected chi connectivity index (χ2v) is 4.63. The fraction of sp³-hybridized carbons (Fsp3) is 0.500. The second-order valence-electron chi connectivity index (χ2n) is 4.63. The number of hydrogen-bond acceptors (Lipinski definition) is 3. The number of amides is 1. The molecule has 0 radical (unpaired) electrons. The van der Waals surface area contributed by atoms with E-state index in [1.165, 1.54) is 0 Å². The molecule has 0 aliphatic rings. The molecule has 0 saturated carbocycles. The molecule has 1 amide bonds. The predicted octanol–water partition coefficient (Wildman–Crippen LogP) is 1.96. The van der Waals surface area contributed by atoms with Crippen molar-refractivity contribution < 1.29 is 9.53 Å². The zero-order valence-corrected chi connectivity index (χ0v) is 12.5. The van der Waals surface area contributed by atoms with E-state index in [1.807, 2.05) is 32.9 Å². The van der Waals surface area contributed by atoms with Crippen LogP contribution in [-0.4, -0.2) is 25.1 Å². The molecule has 108 valence electrons. The van der Waals surface area contributed by atoms with E-state index in [2.05, 4.69) is 11.4 Å². The summed E-state index contributed by atoms with van der Waals surface area (Å²) in [5.41, 5.74) is 7.74. The lowest BCUT2D eigenvalue weighted by Crippen LogP contribution is -2.38. The molecule has 0 bridgehead atoms. The molecule has 0 fully saturated rings. The summed E-state index contributed by atoms with van der Waals surface area (Å²) in [6, 6.07) is 6.03. The number of hydrogen-bond donors (Lipinski definition) is 2. The van der Waals surface area contributed by atoms with Gasteiger partial charge in [0.05, 0.1) is 13.0 Å². The number of carbonyl (C=O) groups is 1. The van der Waals surface area contributed by atoms with Crippen molar-refractivity contribution in [1.82, 2.24) is 5.32 Å². The van der Waals surface area contributed by atoms with E-state index in [0.29, 0.717) is 19.6 Å². The number of rotatable bonds is 6. The quantitative estimate of drug-likeness (QED) is 0.840. The first kappa shape index (κ1) is 17.7. The fourth-order valence-corrected chi connectivity index (χ4v) is 1.68. The van der Waals surface area contributed by atoms with E-state index < -0.39 is 0 Å². The highest BCUT2D eigenvalue weighted by Crippen LogP contribution is 2.16. The Morgan fingerprint density at radius 2 is 1.89 bits per heavy atom. The van der Waals surface area contributed by atoms with E-state index in [-0.39, 0.29) is 24.4 Å². The summed E-state index contributed by atoms with van der Waals surface area (Å²) in [5, 5.41) is 2.79. The van der Waals surface area contributed by atoms with Gasteiger partial charge in [-0.2, -0.15) is 0 Å². The third-order valence-corrected chi connectivity index (χ3v) is 2.55. The zero-order chi connectivity index (χ0) is 13.5. The van der Waals surface area contributed by atoms with E-state index in [9.17, 15) is 4.79 Å². The summed E-state index contributed by atoms with van der Waals surface area (Å²) in [6.45, 7) is 6.75. The van der Waals surface area contributed by atoms with Gasteiger partial charge in [-0.25, -0.2) is 0 Å². The first-order chi connectivity index (χ1) is 8.51. The molecule has 3 N–H and O–H groups in total. The number of nitrogens with one attached hydrogen (secondary N) is 1. The van der Waals surface area contributed by atoms with E-state index >= 15 is 0 Å². The van der Waals surface area contributed by atoms with Crippen molar-refractivity contribution in [2.75, 3.05) is 13.2 Å². The highest BCUT2D eigenvalue weighted by Gasteiger charge is 2.05. The van der Waals surface area contributed by atoms with Gasteiger partial charge in [-0.3, -0.25) is 4.79 Å². The topological polar surface area (TPSA) is 64.3 Å². The molecule has 1 aromatic rings. The Balaban J connectivity index is 0.00000324. The third-order valence-electron chi connectivity index (χ3n) is 2.55. The number of benzene rings is 1. The molecule has 0 saturated heterocycles. The maximum absolute atomic E-state index is 11.5. The van der Waals surface area contributed by atoms with Crippen LogP contribution in [0.1, 0.15) is 24.5 Å². The summed E-state index contributed by atoms with van der Waals surface area (Å²) in [6.07, 6.45) is 0.345. The minimum atomic E-state index is -0.0303. The smallest absolute Gasteiger partial charge is 0.223 e. The molecule has 0 aliphatic carbocycles. The first-order valence-electron chi connectivity index (χ1n) is 6.22. The minimum Gasteiger partial charge on any atom is -0.493 e. The monoisotopic (exact) mass is 286 g/mol. The molecule has 0 aliphatic heterocycles. The normalized spacial score (nSPS) is 11.4. The summed E-state index contributed by atoms with van der Waals surface area (Å²) < 4.78 is 5.56. The molecule has 5 heteroatoms. The summed E-state index contributed by atoms with van der Waals surface area (Å²) in [7, 11) is 0. The van der Waals surface area contributed by atoms with Gasteiger partial charge in [0.25, 0.3) is 0 Å². The van der Waals surface area contributed by atoms with Crippen molar-refractivity contribution in [3.05, 3.63) is 29.3 Å². The molecule has 4 nitrogen and oxygen atoms in total. The molecular formula is C14H23ClN2O2. The summed E-state index contributed by atoms with van der Waals surface area (Å²) in [4.78, 5) is 11.5. The fourth-order valence-electron chi connectivity index (χ4n) is 1.68. The zero-order valence-electron chi connectivity index (χ0n) is 11.7. The Kier molecular flexibility index (Phi) is 8.19. The highest BCUT2D eigenvalue weighted by molar-refractivity contribution is 5.85. The summed E-state index contributed by atoms with van der Waals surface area (Å²) in [5.74, 6) is 0.782. The maximum Gasteiger partial charge on any atom is 0.223 e. The van der Waals surface area contributed by atoms with Crippen molar-refractivity contribution in [2.24, 2.45) is 5.73 Å². The van der Waals surface area contributed by atoms with Gasteiger partial charge in [0.1, 0.15) is 5.75 Å². The van der Waals surface area contributed by atoms with Crippen molar-refractivity contribution in [2.45, 2.75) is 33.2 Å². The van der Waals surface area contributed by atoms with Gasteiger partial charge in [0.15, 0.2) is 0 Å². The third kappa shape index (κ3) is 7.03. The molecule has 19 heavy (non-hydrogen) atoms. The van der Waals surface area contributed by atoms with Crippen LogP contribution in [0.4, 0.5) is 0 Å². The Bertz CT molecular complexity index is 390. The van der Waals surface area contributed by atoms with Crippen molar-refractivity contribution in [3.63, 3.8) is 0 Å². The van der Waals surface area contributed by atoms with Crippen LogP contribution < -0.4 is 15.8 Å². The van der Waals surface area contributed by atoms with Crippen LogP contribution in [0.2, 0.25) is 0 Å². The lowest BCUT2D eigenvalue weighted by molar-refractivity contribution is -0.122. The predicted molar refractivity (Wildman–Crippen MR) is 79.9 cm³/mol. The maximum atomic E-state index is 11.5. The number of ether oxygens (including phenoxy) is 1. The molecule has 0 aromatic heterocycles. The van der Waals surface area contributed by atoms with Gasteiger partial charge in [0, 0.05) is 12.6 Å². The lowest BCUT2D eigenvalue weighted by atomic mass is 10.1. The highest BCUT2D eigenvalue weighted by atomic mass is 35.5. The van der Waals surface area contributed by atoms with Crippen molar-refractivity contribution in [3.8, 4) is 5.75 Å². The van der Waals surface area contributed by atoms with Crippen LogP contribution in [0.3, 0.4) is 0 Å². The molecule has 0 heterocycles. The molecule has 1 rings (SSSR count). The van der Waals surface area contributed by atoms with Crippen molar-refractivity contribution >= 4 is 18.3 Å². The van der Waals surface area contributed by atoms with E-state index in [0.717, 1.165) is 16.9 Å². The standard InChI is InChI=1S/C14H22N2O2.ClH/c1-10-6-11(2)8-13(7-10)18-5-4-14(17)16-12(3)9-15;/h6-8,12H,4-5,9,15H2,1-3H3,(H,16,17);1H/t12-;/m0./s1. The van der Waals surface area contributed by atoms with Gasteiger partial charge in [0.2, 0.25) is 5.91 Å². The van der Waals surface area contributed by atoms with Crippen LogP contribution in [0.15, 0.2) is 18.2 Å². The number of halogens is 1. The van der Waals surface area contributed by atoms with Crippen LogP contribution in [0.5, 0.6) is 5.75 Å². The van der Waals surface area contributed by atoms with E-state index in [4.69, 9.17) is 10.5 Å². The number of nitrogens with two attached hydrogens (primary N) is 1. The van der Waals surface area contributed by atoms with Crippen LogP contribution in [0.25, 0.3) is 0 Å². The Morgan fingerprint density at radius 1 is 1.32 bits per heavy atom. The van der Waals surface area contributed by atoms with Crippen LogP contribution in [0, 0.1) is 13.8 Å².